The summed E-state index contributed by atoms with van der Waals surface area (Å²) in [6, 6.07) is 3.09. The van der Waals surface area contributed by atoms with Crippen molar-refractivity contribution in [3.05, 3.63) is 58.5 Å². The highest BCUT2D eigenvalue weighted by atomic mass is 19.4. The Labute approximate surface area is 158 Å². The van der Waals surface area contributed by atoms with E-state index in [0.717, 1.165) is 28.9 Å². The van der Waals surface area contributed by atoms with Crippen LogP contribution >= 0.6 is 0 Å². The molecular formula is C17H10F3N5O4. The summed E-state index contributed by atoms with van der Waals surface area (Å²) in [5, 5.41) is 2.67. The molecule has 0 bridgehead atoms. The number of rotatable bonds is 3. The molecule has 0 radical (unpaired) electrons. The first-order valence-electron chi connectivity index (χ1n) is 7.97. The van der Waals surface area contributed by atoms with Crippen LogP contribution < -0.4 is 5.56 Å². The number of nitrogens with zero attached hydrogens (tertiary/aromatic N) is 4. The van der Waals surface area contributed by atoms with Crippen LogP contribution in [0.25, 0.3) is 28.5 Å². The molecule has 0 aliphatic heterocycles. The maximum Gasteiger partial charge on any atom is 0.417 e. The highest BCUT2D eigenvalue weighted by Gasteiger charge is 2.30. The van der Waals surface area contributed by atoms with Crippen LogP contribution in [-0.2, 0) is 10.9 Å². The number of esters is 1. The van der Waals surface area contributed by atoms with Crippen molar-refractivity contribution >= 4 is 11.6 Å². The van der Waals surface area contributed by atoms with Crippen molar-refractivity contribution in [2.45, 2.75) is 6.18 Å². The van der Waals surface area contributed by atoms with E-state index in [1.807, 2.05) is 0 Å². The lowest BCUT2D eigenvalue weighted by Gasteiger charge is -2.06. The summed E-state index contributed by atoms with van der Waals surface area (Å²) in [6.45, 7) is 0. The number of methoxy groups -OCH3 is 1. The number of hydrogen-bond donors (Lipinski definition) is 1. The quantitative estimate of drug-likeness (QED) is 0.521. The summed E-state index contributed by atoms with van der Waals surface area (Å²) in [6.07, 6.45) is -1.32. The fourth-order valence-corrected chi connectivity index (χ4v) is 2.58. The number of aromatic amines is 1. The molecule has 148 valence electrons. The first-order valence-corrected chi connectivity index (χ1v) is 7.97. The van der Waals surface area contributed by atoms with Crippen LogP contribution in [-0.4, -0.2) is 37.6 Å². The number of nitrogens with one attached hydrogen (secondary N) is 1. The number of carbonyl (C=O) groups excluding carboxylic acids is 1. The van der Waals surface area contributed by atoms with E-state index in [9.17, 15) is 22.8 Å². The van der Waals surface area contributed by atoms with E-state index in [4.69, 9.17) is 4.42 Å². The molecule has 0 saturated heterocycles. The fraction of sp³-hybridized carbons (Fsp3) is 0.118. The van der Waals surface area contributed by atoms with Crippen LogP contribution in [0.2, 0.25) is 0 Å². The van der Waals surface area contributed by atoms with Crippen LogP contribution in [0.5, 0.6) is 0 Å². The minimum absolute atomic E-state index is 0.00595. The summed E-state index contributed by atoms with van der Waals surface area (Å²) in [5.41, 5.74) is -0.968. The Morgan fingerprint density at radius 3 is 2.66 bits per heavy atom. The number of alkyl halides is 3. The molecule has 0 amide bonds. The second-order valence-electron chi connectivity index (χ2n) is 5.78. The lowest BCUT2D eigenvalue weighted by atomic mass is 10.2. The van der Waals surface area contributed by atoms with Crippen molar-refractivity contribution in [2.24, 2.45) is 0 Å². The van der Waals surface area contributed by atoms with Gasteiger partial charge in [-0.3, -0.25) is 14.9 Å². The Balaban J connectivity index is 1.80. The van der Waals surface area contributed by atoms with Gasteiger partial charge in [0.15, 0.2) is 5.65 Å². The molecule has 9 nitrogen and oxygen atoms in total. The van der Waals surface area contributed by atoms with Gasteiger partial charge in [0.1, 0.15) is 0 Å². The van der Waals surface area contributed by atoms with Crippen molar-refractivity contribution in [3.8, 4) is 22.8 Å². The number of pyridine rings is 1. The lowest BCUT2D eigenvalue weighted by Crippen LogP contribution is -2.14. The highest BCUT2D eigenvalue weighted by Crippen LogP contribution is 2.30. The largest absolute Gasteiger partial charge is 0.463 e. The zero-order chi connectivity index (χ0) is 20.8. The normalized spacial score (nSPS) is 11.7. The lowest BCUT2D eigenvalue weighted by molar-refractivity contribution is -0.137. The predicted octanol–water partition coefficient (Wildman–Crippen LogP) is 2.54. The number of oxazole rings is 1. The number of carbonyl (C=O) groups is 1. The summed E-state index contributed by atoms with van der Waals surface area (Å²) in [7, 11) is 1.18. The SMILES string of the molecule is COC(=O)c1cnc(-c2c[nH]n3c(=O)cc(-c4ccc(C(F)(F)F)cn4)nc23)o1. The minimum atomic E-state index is -4.53. The Kier molecular flexibility index (Phi) is 4.18. The van der Waals surface area contributed by atoms with Gasteiger partial charge in [0, 0.05) is 18.5 Å². The maximum absolute atomic E-state index is 12.7. The van der Waals surface area contributed by atoms with Gasteiger partial charge in [-0.25, -0.2) is 19.3 Å². The second-order valence-corrected chi connectivity index (χ2v) is 5.78. The van der Waals surface area contributed by atoms with Gasteiger partial charge in [-0.2, -0.15) is 13.2 Å². The second kappa shape index (κ2) is 6.58. The molecule has 4 heterocycles. The third-order valence-electron chi connectivity index (χ3n) is 3.97. The third-order valence-corrected chi connectivity index (χ3v) is 3.97. The number of halogens is 3. The van der Waals surface area contributed by atoms with E-state index < -0.39 is 23.3 Å². The van der Waals surface area contributed by atoms with Crippen LogP contribution in [0.4, 0.5) is 13.2 Å². The standard InChI is InChI=1S/C17H10F3N5O4/c1-28-16(27)12-7-22-15(29-12)9-6-23-25-13(26)4-11(24-14(9)25)10-3-2-8(5-21-10)17(18,19)20/h2-7,23H,1H3. The topological polar surface area (TPSA) is 115 Å². The molecule has 0 aromatic carbocycles. The van der Waals surface area contributed by atoms with Crippen molar-refractivity contribution in [2.75, 3.05) is 7.11 Å². The zero-order valence-electron chi connectivity index (χ0n) is 14.5. The van der Waals surface area contributed by atoms with Crippen LogP contribution in [0.15, 0.2) is 46.0 Å². The number of ether oxygens (including phenoxy) is 1. The van der Waals surface area contributed by atoms with Gasteiger partial charge in [-0.05, 0) is 12.1 Å². The van der Waals surface area contributed by atoms with Gasteiger partial charge in [0.2, 0.25) is 11.7 Å². The van der Waals surface area contributed by atoms with Crippen molar-refractivity contribution in [3.63, 3.8) is 0 Å². The Bertz CT molecular complexity index is 1270. The van der Waals surface area contributed by atoms with E-state index in [0.29, 0.717) is 6.20 Å². The van der Waals surface area contributed by atoms with Crippen LogP contribution in [0.3, 0.4) is 0 Å². The first-order chi connectivity index (χ1) is 13.8. The van der Waals surface area contributed by atoms with Crippen molar-refractivity contribution < 1.29 is 27.1 Å². The molecule has 0 fully saturated rings. The molecule has 0 atom stereocenters. The summed E-state index contributed by atoms with van der Waals surface area (Å²) >= 11 is 0. The van der Waals surface area contributed by atoms with E-state index >= 15 is 0 Å². The number of aromatic nitrogens is 5. The van der Waals surface area contributed by atoms with Gasteiger partial charge >= 0.3 is 12.1 Å². The Hall–Kier alpha value is -3.96. The average Bonchev–Trinajstić information content (AvgIpc) is 3.34. The Morgan fingerprint density at radius 1 is 1.21 bits per heavy atom. The van der Waals surface area contributed by atoms with E-state index in [1.54, 1.807) is 0 Å². The third kappa shape index (κ3) is 3.24. The van der Waals surface area contributed by atoms with Crippen LogP contribution in [0, 0.1) is 0 Å². The predicted molar refractivity (Wildman–Crippen MR) is 90.9 cm³/mol. The Morgan fingerprint density at radius 2 is 2.00 bits per heavy atom. The monoisotopic (exact) mass is 405 g/mol. The summed E-state index contributed by atoms with van der Waals surface area (Å²) in [4.78, 5) is 35.9. The van der Waals surface area contributed by atoms with Crippen LogP contribution in [0.1, 0.15) is 16.1 Å². The van der Waals surface area contributed by atoms with Gasteiger partial charge in [0.05, 0.1) is 35.8 Å². The molecule has 1 N–H and O–H groups in total. The van der Waals surface area contributed by atoms with Gasteiger partial charge in [-0.15, -0.1) is 0 Å². The molecule has 12 heteroatoms. The number of fused-ring (bicyclic) bond motifs is 1. The van der Waals surface area contributed by atoms with E-state index in [1.165, 1.54) is 13.3 Å². The molecule has 29 heavy (non-hydrogen) atoms. The van der Waals surface area contributed by atoms with Crippen molar-refractivity contribution in [1.82, 2.24) is 24.6 Å². The summed E-state index contributed by atoms with van der Waals surface area (Å²) < 4.78 is 49.1. The summed E-state index contributed by atoms with van der Waals surface area (Å²) in [5.74, 6) is -0.887. The maximum atomic E-state index is 12.7. The molecule has 4 aromatic rings. The molecule has 4 aromatic heterocycles. The first kappa shape index (κ1) is 18.4. The molecule has 4 rings (SSSR count). The van der Waals surface area contributed by atoms with Crippen molar-refractivity contribution in [1.29, 1.82) is 0 Å². The number of H-pyrrole nitrogens is 1. The highest BCUT2D eigenvalue weighted by molar-refractivity contribution is 5.86. The van der Waals surface area contributed by atoms with E-state index in [-0.39, 0.29) is 34.2 Å². The molecule has 0 aliphatic carbocycles. The minimum Gasteiger partial charge on any atom is -0.463 e. The molecule has 0 saturated carbocycles. The van der Waals surface area contributed by atoms with Gasteiger partial charge in [-0.1, -0.05) is 0 Å². The number of hydrogen-bond acceptors (Lipinski definition) is 7. The molecule has 0 spiro atoms. The van der Waals surface area contributed by atoms with E-state index in [2.05, 4.69) is 24.8 Å². The molecular weight excluding hydrogens is 395 g/mol. The zero-order valence-corrected chi connectivity index (χ0v) is 14.5. The molecule has 0 aliphatic rings. The average molecular weight is 405 g/mol. The van der Waals surface area contributed by atoms with Gasteiger partial charge < -0.3 is 9.15 Å². The smallest absolute Gasteiger partial charge is 0.417 e. The van der Waals surface area contributed by atoms with Gasteiger partial charge in [0.25, 0.3) is 5.56 Å². The fourth-order valence-electron chi connectivity index (χ4n) is 2.58. The molecule has 0 unspecified atom stereocenters.